The quantitative estimate of drug-likeness (QED) is 0.340. The molecule has 2 N–H and O–H groups in total. The number of benzene rings is 3. The first-order valence-electron chi connectivity index (χ1n) is 10.4. The fourth-order valence-electron chi connectivity index (χ4n) is 3.66. The molecule has 0 bridgehead atoms. The van der Waals surface area contributed by atoms with Gasteiger partial charge in [-0.1, -0.05) is 12.1 Å². The normalized spacial score (nSPS) is 11.7. The van der Waals surface area contributed by atoms with Gasteiger partial charge in [0.1, 0.15) is 29.4 Å². The van der Waals surface area contributed by atoms with Gasteiger partial charge in [-0.2, -0.15) is 0 Å². The van der Waals surface area contributed by atoms with Gasteiger partial charge in [-0.15, -0.1) is 0 Å². The summed E-state index contributed by atoms with van der Waals surface area (Å²) in [5, 5.41) is 0.524. The lowest BCUT2D eigenvalue weighted by atomic mass is 10.1. The smallest absolute Gasteiger partial charge is 0.240 e. The average Bonchev–Trinajstić information content (AvgIpc) is 3.29. The molecule has 0 saturated carbocycles. The fraction of sp³-hybridized carbons (Fsp3) is 0.0400. The highest BCUT2D eigenvalue weighted by atomic mass is 32.2. The Bertz CT molecular complexity index is 1630. The van der Waals surface area contributed by atoms with E-state index in [9.17, 15) is 17.2 Å². The van der Waals surface area contributed by atoms with Gasteiger partial charge in [-0.25, -0.2) is 36.3 Å². The van der Waals surface area contributed by atoms with Crippen molar-refractivity contribution in [1.82, 2.24) is 19.7 Å². The summed E-state index contributed by atoms with van der Waals surface area (Å²) in [5.41, 5.74) is 2.74. The third-order valence-corrected chi connectivity index (χ3v) is 6.87. The molecule has 0 radical (unpaired) electrons. The maximum atomic E-state index is 15.1. The van der Waals surface area contributed by atoms with Crippen LogP contribution in [-0.2, 0) is 16.6 Å². The van der Waals surface area contributed by atoms with E-state index in [1.54, 1.807) is 18.2 Å². The van der Waals surface area contributed by atoms with E-state index in [0.717, 1.165) is 6.07 Å². The minimum absolute atomic E-state index is 0.0754. The zero-order chi connectivity index (χ0) is 24.6. The number of aromatic nitrogens is 3. The van der Waals surface area contributed by atoms with Gasteiger partial charge in [0.15, 0.2) is 0 Å². The zero-order valence-corrected chi connectivity index (χ0v) is 18.8. The van der Waals surface area contributed by atoms with Crippen molar-refractivity contribution in [1.29, 1.82) is 0 Å². The number of sulfonamides is 1. The molecule has 0 amide bonds. The third-order valence-electron chi connectivity index (χ3n) is 5.47. The van der Waals surface area contributed by atoms with Crippen LogP contribution in [0.4, 0.5) is 13.2 Å². The van der Waals surface area contributed by atoms with Crippen LogP contribution in [0.3, 0.4) is 0 Å². The summed E-state index contributed by atoms with van der Waals surface area (Å²) in [6.07, 6.45) is 1.27. The van der Waals surface area contributed by atoms with Crippen molar-refractivity contribution < 1.29 is 21.6 Å². The summed E-state index contributed by atoms with van der Waals surface area (Å²) in [5.74, 6) is -1.57. The largest absolute Gasteiger partial charge is 0.339 e. The maximum absolute atomic E-state index is 15.1. The topological polar surface area (TPSA) is 87.7 Å². The summed E-state index contributed by atoms with van der Waals surface area (Å²) in [7, 11) is -4.02. The molecule has 10 heteroatoms. The van der Waals surface area contributed by atoms with Crippen molar-refractivity contribution in [3.63, 3.8) is 0 Å². The first-order chi connectivity index (χ1) is 16.8. The van der Waals surface area contributed by atoms with Crippen LogP contribution in [0.15, 0.2) is 84.0 Å². The lowest BCUT2D eigenvalue weighted by Crippen LogP contribution is -2.23. The summed E-state index contributed by atoms with van der Waals surface area (Å²) >= 11 is 0. The van der Waals surface area contributed by atoms with Crippen LogP contribution in [0.1, 0.15) is 5.56 Å². The molecular formula is C25H17F3N4O2S. The van der Waals surface area contributed by atoms with Gasteiger partial charge in [0.2, 0.25) is 10.0 Å². The molecule has 35 heavy (non-hydrogen) atoms. The Labute approximate surface area is 198 Å². The van der Waals surface area contributed by atoms with Crippen LogP contribution < -0.4 is 4.72 Å². The van der Waals surface area contributed by atoms with Crippen molar-refractivity contribution in [3.05, 3.63) is 102 Å². The molecule has 0 aliphatic rings. The van der Waals surface area contributed by atoms with Crippen LogP contribution in [0.2, 0.25) is 0 Å². The zero-order valence-electron chi connectivity index (χ0n) is 18.0. The van der Waals surface area contributed by atoms with E-state index in [4.69, 9.17) is 0 Å². The monoisotopic (exact) mass is 494 g/mol. The Morgan fingerprint density at radius 2 is 1.51 bits per heavy atom. The first kappa shape index (κ1) is 22.8. The van der Waals surface area contributed by atoms with Crippen LogP contribution in [-0.4, -0.2) is 23.4 Å². The van der Waals surface area contributed by atoms with Gasteiger partial charge < -0.3 is 4.98 Å². The summed E-state index contributed by atoms with van der Waals surface area (Å²) in [6, 6.07) is 16.5. The van der Waals surface area contributed by atoms with Crippen LogP contribution in [0.25, 0.3) is 33.5 Å². The molecule has 0 aliphatic heterocycles. The molecule has 0 aliphatic carbocycles. The summed E-state index contributed by atoms with van der Waals surface area (Å²) in [6.45, 7) is -0.0754. The van der Waals surface area contributed by atoms with E-state index in [1.807, 2.05) is 0 Å². The van der Waals surface area contributed by atoms with Gasteiger partial charge in [-0.3, -0.25) is 0 Å². The Balaban J connectivity index is 1.45. The molecule has 0 spiro atoms. The number of H-pyrrole nitrogens is 1. The molecule has 0 saturated heterocycles. The van der Waals surface area contributed by atoms with E-state index < -0.39 is 21.7 Å². The second kappa shape index (κ2) is 8.97. The average molecular weight is 494 g/mol. The SMILES string of the molecule is O=S(=O)(NCc1ccc(F)cc1)c1ccc(-c2ncnc3[nH]c(-c4ccc(F)cc4)cc23)c(F)c1. The van der Waals surface area contributed by atoms with Crippen molar-refractivity contribution in [2.45, 2.75) is 11.4 Å². The second-order valence-electron chi connectivity index (χ2n) is 7.77. The van der Waals surface area contributed by atoms with E-state index in [0.29, 0.717) is 27.9 Å². The van der Waals surface area contributed by atoms with Crippen LogP contribution >= 0.6 is 0 Å². The van der Waals surface area contributed by atoms with Crippen LogP contribution in [0, 0.1) is 17.5 Å². The number of halogens is 3. The van der Waals surface area contributed by atoms with Crippen LogP contribution in [0.5, 0.6) is 0 Å². The van der Waals surface area contributed by atoms with Gasteiger partial charge in [0.05, 0.1) is 10.6 Å². The Morgan fingerprint density at radius 1 is 0.829 bits per heavy atom. The van der Waals surface area contributed by atoms with Crippen molar-refractivity contribution >= 4 is 21.1 Å². The number of hydrogen-bond donors (Lipinski definition) is 2. The highest BCUT2D eigenvalue weighted by Crippen LogP contribution is 2.32. The lowest BCUT2D eigenvalue weighted by Gasteiger charge is -2.09. The summed E-state index contributed by atoms with van der Waals surface area (Å²) < 4.78 is 69.1. The Morgan fingerprint density at radius 3 is 2.20 bits per heavy atom. The lowest BCUT2D eigenvalue weighted by molar-refractivity contribution is 0.577. The third kappa shape index (κ3) is 4.66. The molecule has 176 valence electrons. The second-order valence-corrected chi connectivity index (χ2v) is 9.53. The Hall–Kier alpha value is -4.02. The van der Waals surface area contributed by atoms with Gasteiger partial charge in [0, 0.05) is 23.2 Å². The van der Waals surface area contributed by atoms with E-state index in [1.165, 1.54) is 54.9 Å². The molecule has 5 rings (SSSR count). The number of aromatic amines is 1. The van der Waals surface area contributed by atoms with Crippen molar-refractivity contribution in [2.75, 3.05) is 0 Å². The first-order valence-corrected chi connectivity index (χ1v) is 11.9. The molecule has 3 aromatic carbocycles. The predicted octanol–water partition coefficient (Wildman–Crippen LogP) is 5.19. The number of hydrogen-bond acceptors (Lipinski definition) is 4. The molecule has 0 fully saturated rings. The molecule has 2 aromatic heterocycles. The molecular weight excluding hydrogens is 477 g/mol. The Kier molecular flexibility index (Phi) is 5.83. The molecule has 5 aromatic rings. The highest BCUT2D eigenvalue weighted by Gasteiger charge is 2.19. The molecule has 0 unspecified atom stereocenters. The predicted molar refractivity (Wildman–Crippen MR) is 125 cm³/mol. The van der Waals surface area contributed by atoms with Gasteiger partial charge in [0.25, 0.3) is 0 Å². The van der Waals surface area contributed by atoms with E-state index in [-0.39, 0.29) is 28.5 Å². The van der Waals surface area contributed by atoms with Crippen molar-refractivity contribution in [3.8, 4) is 22.5 Å². The number of fused-ring (bicyclic) bond motifs is 1. The number of nitrogens with zero attached hydrogens (tertiary/aromatic N) is 2. The molecule has 6 nitrogen and oxygen atoms in total. The summed E-state index contributed by atoms with van der Waals surface area (Å²) in [4.78, 5) is 11.2. The molecule has 2 heterocycles. The maximum Gasteiger partial charge on any atom is 0.240 e. The van der Waals surface area contributed by atoms with E-state index >= 15 is 4.39 Å². The van der Waals surface area contributed by atoms with Gasteiger partial charge in [-0.05, 0) is 71.8 Å². The highest BCUT2D eigenvalue weighted by molar-refractivity contribution is 7.89. The van der Waals surface area contributed by atoms with Gasteiger partial charge >= 0.3 is 0 Å². The minimum Gasteiger partial charge on any atom is -0.339 e. The van der Waals surface area contributed by atoms with E-state index in [2.05, 4.69) is 19.7 Å². The van der Waals surface area contributed by atoms with Crippen molar-refractivity contribution in [2.24, 2.45) is 0 Å². The molecule has 0 atom stereocenters. The standard InChI is InChI=1S/C25H17F3N4O2S/c26-17-5-1-15(2-6-17)13-31-35(33,34)19-9-10-20(22(28)11-19)24-21-12-23(32-25(21)30-14-29-24)16-3-7-18(27)8-4-16/h1-12,14,31H,13H2,(H,29,30,32). The minimum atomic E-state index is -4.02. The number of rotatable bonds is 6. The number of nitrogens with one attached hydrogen (secondary N) is 2. The fourth-order valence-corrected chi connectivity index (χ4v) is 4.69.